The fraction of sp³-hybridized carbons (Fsp3) is 0.231. The Kier molecular flexibility index (Phi) is 6.58. The molecule has 1 aliphatic rings. The summed E-state index contributed by atoms with van der Waals surface area (Å²) in [6.07, 6.45) is 1.48. The van der Waals surface area contributed by atoms with Crippen LogP contribution in [0, 0.1) is 0 Å². The van der Waals surface area contributed by atoms with E-state index in [1.807, 2.05) is 6.92 Å². The Labute approximate surface area is 196 Å². The molecule has 1 fully saturated rings. The number of hydrogen-bond donors (Lipinski definition) is 2. The molecule has 0 radical (unpaired) electrons. The van der Waals surface area contributed by atoms with E-state index in [2.05, 4.69) is 0 Å². The van der Waals surface area contributed by atoms with Crippen LogP contribution in [0.5, 0.6) is 17.2 Å². The number of aliphatic hydroxyl groups is 1. The van der Waals surface area contributed by atoms with Crippen LogP contribution in [-0.2, 0) is 16.1 Å². The minimum atomic E-state index is -0.897. The summed E-state index contributed by atoms with van der Waals surface area (Å²) in [7, 11) is 0. The number of amides is 1. The van der Waals surface area contributed by atoms with E-state index in [1.165, 1.54) is 23.3 Å². The highest BCUT2D eigenvalue weighted by Crippen LogP contribution is 2.42. The number of aliphatic hydroxyl groups excluding tert-OH is 1. The Morgan fingerprint density at radius 2 is 1.76 bits per heavy atom. The third kappa shape index (κ3) is 4.34. The van der Waals surface area contributed by atoms with Crippen LogP contribution in [-0.4, -0.2) is 40.0 Å². The van der Waals surface area contributed by atoms with Crippen molar-refractivity contribution in [3.8, 4) is 17.2 Å². The molecule has 0 spiro atoms. The first-order chi connectivity index (χ1) is 16.4. The number of carbonyl (C=O) groups is 2. The average Bonchev–Trinajstić information content (AvgIpc) is 3.42. The second-order valence-electron chi connectivity index (χ2n) is 7.62. The summed E-state index contributed by atoms with van der Waals surface area (Å²) in [5.74, 6) is -0.537. The third-order valence-corrected chi connectivity index (χ3v) is 5.47. The van der Waals surface area contributed by atoms with E-state index in [4.69, 9.17) is 13.9 Å². The summed E-state index contributed by atoms with van der Waals surface area (Å²) < 4.78 is 16.6. The molecule has 1 unspecified atom stereocenters. The van der Waals surface area contributed by atoms with Crippen LogP contribution in [0.15, 0.2) is 70.9 Å². The van der Waals surface area contributed by atoms with E-state index in [-0.39, 0.29) is 29.2 Å². The molecule has 8 heteroatoms. The molecular formula is C26H25NO7. The SMILES string of the molecule is CCOc1ccc(/C(O)=C2/C(=O)C(=O)N(Cc3ccco3)C2c2ccc(O)cc2)c(OCC)c1. The van der Waals surface area contributed by atoms with Gasteiger partial charge in [-0.15, -0.1) is 0 Å². The van der Waals surface area contributed by atoms with E-state index < -0.39 is 17.7 Å². The number of rotatable bonds is 8. The number of phenols is 1. The van der Waals surface area contributed by atoms with Crippen LogP contribution in [0.3, 0.4) is 0 Å². The zero-order valence-corrected chi connectivity index (χ0v) is 18.9. The van der Waals surface area contributed by atoms with Gasteiger partial charge in [-0.3, -0.25) is 9.59 Å². The largest absolute Gasteiger partial charge is 0.508 e. The van der Waals surface area contributed by atoms with Gasteiger partial charge in [-0.2, -0.15) is 0 Å². The molecule has 2 N–H and O–H groups in total. The average molecular weight is 463 g/mol. The predicted octanol–water partition coefficient (Wildman–Crippen LogP) is 4.40. The minimum absolute atomic E-state index is 0.0293. The van der Waals surface area contributed by atoms with Gasteiger partial charge in [0.1, 0.15) is 28.8 Å². The molecule has 1 aliphatic heterocycles. The van der Waals surface area contributed by atoms with E-state index in [1.54, 1.807) is 49.4 Å². The Hall–Kier alpha value is -4.20. The number of Topliss-reactive ketones (excluding diaryl/α,β-unsaturated/α-hetero) is 1. The van der Waals surface area contributed by atoms with Crippen molar-refractivity contribution in [2.75, 3.05) is 13.2 Å². The maximum absolute atomic E-state index is 13.2. The second kappa shape index (κ2) is 9.74. The molecule has 8 nitrogen and oxygen atoms in total. The molecule has 3 aromatic rings. The molecule has 2 aromatic carbocycles. The zero-order valence-electron chi connectivity index (χ0n) is 18.9. The van der Waals surface area contributed by atoms with Gasteiger partial charge < -0.3 is 29.0 Å². The molecule has 2 heterocycles. The van der Waals surface area contributed by atoms with Gasteiger partial charge >= 0.3 is 0 Å². The highest BCUT2D eigenvalue weighted by Gasteiger charge is 2.46. The molecule has 0 saturated carbocycles. The van der Waals surface area contributed by atoms with Crippen molar-refractivity contribution in [1.29, 1.82) is 0 Å². The highest BCUT2D eigenvalue weighted by atomic mass is 16.5. The van der Waals surface area contributed by atoms with Crippen molar-refractivity contribution in [2.24, 2.45) is 0 Å². The fourth-order valence-corrected chi connectivity index (χ4v) is 3.99. The highest BCUT2D eigenvalue weighted by molar-refractivity contribution is 6.46. The van der Waals surface area contributed by atoms with E-state index in [0.717, 1.165) is 0 Å². The van der Waals surface area contributed by atoms with Crippen molar-refractivity contribution in [3.63, 3.8) is 0 Å². The standard InChI is InChI=1S/C26H25NO7/c1-3-32-18-11-12-20(21(14-18)33-4-2)24(29)22-23(16-7-9-17(28)10-8-16)27(26(31)25(22)30)15-19-6-5-13-34-19/h5-14,23,28-29H,3-4,15H2,1-2H3/b24-22-. The number of furan rings is 1. The van der Waals surface area contributed by atoms with Gasteiger partial charge in [0.25, 0.3) is 11.7 Å². The lowest BCUT2D eigenvalue weighted by Crippen LogP contribution is -2.29. The number of ketones is 1. The van der Waals surface area contributed by atoms with Crippen molar-refractivity contribution >= 4 is 17.4 Å². The first kappa shape index (κ1) is 23.0. The third-order valence-electron chi connectivity index (χ3n) is 5.47. The summed E-state index contributed by atoms with van der Waals surface area (Å²) in [4.78, 5) is 27.6. The van der Waals surface area contributed by atoms with Crippen LogP contribution >= 0.6 is 0 Å². The van der Waals surface area contributed by atoms with E-state index in [0.29, 0.717) is 36.0 Å². The summed E-state index contributed by atoms with van der Waals surface area (Å²) in [6.45, 7) is 4.46. The second-order valence-corrected chi connectivity index (χ2v) is 7.62. The number of likely N-dealkylation sites (tertiary alicyclic amines) is 1. The molecular weight excluding hydrogens is 438 g/mol. The number of phenolic OH excluding ortho intramolecular Hbond substituents is 1. The maximum Gasteiger partial charge on any atom is 0.296 e. The molecule has 0 aliphatic carbocycles. The van der Waals surface area contributed by atoms with Crippen molar-refractivity contribution in [1.82, 2.24) is 4.90 Å². The lowest BCUT2D eigenvalue weighted by atomic mass is 9.95. The van der Waals surface area contributed by atoms with Gasteiger partial charge in [-0.05, 0) is 55.8 Å². The zero-order chi connectivity index (χ0) is 24.2. The Morgan fingerprint density at radius 3 is 2.41 bits per heavy atom. The van der Waals surface area contributed by atoms with Gasteiger partial charge in [0, 0.05) is 6.07 Å². The maximum atomic E-state index is 13.2. The number of aromatic hydroxyl groups is 1. The molecule has 4 rings (SSSR count). The monoisotopic (exact) mass is 463 g/mol. The van der Waals surface area contributed by atoms with Crippen LogP contribution in [0.25, 0.3) is 5.76 Å². The smallest absolute Gasteiger partial charge is 0.296 e. The first-order valence-corrected chi connectivity index (χ1v) is 10.9. The van der Waals surface area contributed by atoms with Crippen molar-refractivity contribution in [2.45, 2.75) is 26.4 Å². The summed E-state index contributed by atoms with van der Waals surface area (Å²) in [5, 5.41) is 21.1. The summed E-state index contributed by atoms with van der Waals surface area (Å²) >= 11 is 0. The van der Waals surface area contributed by atoms with Gasteiger partial charge in [0.15, 0.2) is 0 Å². The molecule has 1 atom stereocenters. The number of ether oxygens (including phenoxy) is 2. The fourth-order valence-electron chi connectivity index (χ4n) is 3.99. The molecule has 0 bridgehead atoms. The van der Waals surface area contributed by atoms with E-state index in [9.17, 15) is 19.8 Å². The minimum Gasteiger partial charge on any atom is -0.508 e. The van der Waals surface area contributed by atoms with Gasteiger partial charge in [-0.1, -0.05) is 12.1 Å². The van der Waals surface area contributed by atoms with Crippen LogP contribution in [0.4, 0.5) is 0 Å². The number of benzene rings is 2. The van der Waals surface area contributed by atoms with Gasteiger partial charge in [-0.25, -0.2) is 0 Å². The van der Waals surface area contributed by atoms with E-state index >= 15 is 0 Å². The Bertz CT molecular complexity index is 1210. The molecule has 1 saturated heterocycles. The van der Waals surface area contributed by atoms with Crippen LogP contribution in [0.1, 0.15) is 36.8 Å². The number of carbonyl (C=O) groups excluding carboxylic acids is 2. The van der Waals surface area contributed by atoms with Gasteiger partial charge in [0.05, 0.1) is 43.2 Å². The summed E-state index contributed by atoms with van der Waals surface area (Å²) in [6, 6.07) is 13.5. The predicted molar refractivity (Wildman–Crippen MR) is 123 cm³/mol. The normalized spacial score (nSPS) is 17.2. The molecule has 176 valence electrons. The molecule has 34 heavy (non-hydrogen) atoms. The van der Waals surface area contributed by atoms with Crippen LogP contribution in [0.2, 0.25) is 0 Å². The lowest BCUT2D eigenvalue weighted by Gasteiger charge is -2.24. The van der Waals surface area contributed by atoms with Crippen molar-refractivity contribution in [3.05, 3.63) is 83.3 Å². The Balaban J connectivity index is 1.87. The topological polar surface area (TPSA) is 109 Å². The Morgan fingerprint density at radius 1 is 1.03 bits per heavy atom. The quantitative estimate of drug-likeness (QED) is 0.289. The lowest BCUT2D eigenvalue weighted by molar-refractivity contribution is -0.140. The molecule has 1 amide bonds. The molecule has 1 aromatic heterocycles. The first-order valence-electron chi connectivity index (χ1n) is 10.9. The van der Waals surface area contributed by atoms with Gasteiger partial charge in [0.2, 0.25) is 0 Å². The number of nitrogens with zero attached hydrogens (tertiary/aromatic N) is 1. The van der Waals surface area contributed by atoms with Crippen molar-refractivity contribution < 1.29 is 33.7 Å². The summed E-state index contributed by atoms with van der Waals surface area (Å²) in [5.41, 5.74) is 0.742. The van der Waals surface area contributed by atoms with Crippen LogP contribution < -0.4 is 9.47 Å². The number of hydrogen-bond acceptors (Lipinski definition) is 7.